The van der Waals surface area contributed by atoms with Crippen LogP contribution in [0.1, 0.15) is 11.1 Å². The van der Waals surface area contributed by atoms with Gasteiger partial charge in [-0.3, -0.25) is 9.59 Å². The third-order valence-corrected chi connectivity index (χ3v) is 6.48. The number of amides is 2. The summed E-state index contributed by atoms with van der Waals surface area (Å²) >= 11 is 0. The number of hydrogen-bond acceptors (Lipinski definition) is 4. The SMILES string of the molecule is Cn1cc(CC(=O)NC(COCc2ccccc2)C(=O)Nc2ccc(Oc3ccccc3)cc2)c2ccccc21. The lowest BCUT2D eigenvalue weighted by Crippen LogP contribution is -2.47. The van der Waals surface area contributed by atoms with Crippen LogP contribution in [0.5, 0.6) is 11.5 Å². The number of para-hydroxylation sites is 2. The Balaban J connectivity index is 1.25. The van der Waals surface area contributed by atoms with Crippen LogP contribution in [0, 0.1) is 0 Å². The van der Waals surface area contributed by atoms with Gasteiger partial charge in [0.1, 0.15) is 17.5 Å². The quantitative estimate of drug-likeness (QED) is 0.223. The van der Waals surface area contributed by atoms with E-state index in [4.69, 9.17) is 9.47 Å². The van der Waals surface area contributed by atoms with Crippen LogP contribution in [0.15, 0.2) is 115 Å². The minimum absolute atomic E-state index is 0.0250. The summed E-state index contributed by atoms with van der Waals surface area (Å²) in [6.45, 7) is 0.354. The van der Waals surface area contributed by atoms with Crippen LogP contribution in [0.25, 0.3) is 10.9 Å². The molecule has 0 aliphatic heterocycles. The first-order valence-corrected chi connectivity index (χ1v) is 13.1. The van der Waals surface area contributed by atoms with Crippen molar-refractivity contribution in [2.45, 2.75) is 19.1 Å². The maximum Gasteiger partial charge on any atom is 0.249 e. The van der Waals surface area contributed by atoms with Gasteiger partial charge in [0.05, 0.1) is 19.6 Å². The summed E-state index contributed by atoms with van der Waals surface area (Å²) in [7, 11) is 1.95. The number of benzene rings is 4. The molecule has 1 heterocycles. The molecule has 4 aromatic carbocycles. The highest BCUT2D eigenvalue weighted by Crippen LogP contribution is 2.23. The van der Waals surface area contributed by atoms with Crippen molar-refractivity contribution in [2.75, 3.05) is 11.9 Å². The van der Waals surface area contributed by atoms with Crippen molar-refractivity contribution < 1.29 is 19.1 Å². The molecule has 0 radical (unpaired) electrons. The Kier molecular flexibility index (Phi) is 8.53. The van der Waals surface area contributed by atoms with Crippen LogP contribution in [0.3, 0.4) is 0 Å². The molecule has 0 saturated carbocycles. The molecule has 1 atom stereocenters. The van der Waals surface area contributed by atoms with Crippen LogP contribution in [0.4, 0.5) is 5.69 Å². The number of nitrogens with one attached hydrogen (secondary N) is 2. The lowest BCUT2D eigenvalue weighted by molar-refractivity contribution is -0.127. The number of ether oxygens (including phenoxy) is 2. The fourth-order valence-electron chi connectivity index (χ4n) is 4.50. The Morgan fingerprint density at radius 3 is 2.20 bits per heavy atom. The number of aromatic nitrogens is 1. The molecule has 2 N–H and O–H groups in total. The number of nitrogens with zero attached hydrogens (tertiary/aromatic N) is 1. The Morgan fingerprint density at radius 1 is 0.800 bits per heavy atom. The third kappa shape index (κ3) is 6.95. The second-order valence-electron chi connectivity index (χ2n) is 9.51. The zero-order valence-electron chi connectivity index (χ0n) is 22.2. The van der Waals surface area contributed by atoms with E-state index in [1.807, 2.05) is 103 Å². The van der Waals surface area contributed by atoms with Gasteiger partial charge in [0.2, 0.25) is 11.8 Å². The number of anilines is 1. The second-order valence-corrected chi connectivity index (χ2v) is 9.51. The van der Waals surface area contributed by atoms with Crippen LogP contribution >= 0.6 is 0 Å². The topological polar surface area (TPSA) is 81.6 Å². The van der Waals surface area contributed by atoms with E-state index in [1.165, 1.54) is 0 Å². The Labute approximate surface area is 233 Å². The van der Waals surface area contributed by atoms with Gasteiger partial charge in [-0.1, -0.05) is 66.7 Å². The Morgan fingerprint density at radius 2 is 1.45 bits per heavy atom. The number of fused-ring (bicyclic) bond motifs is 1. The third-order valence-electron chi connectivity index (χ3n) is 6.48. The van der Waals surface area contributed by atoms with Gasteiger partial charge in [-0.15, -0.1) is 0 Å². The molecule has 0 spiro atoms. The van der Waals surface area contributed by atoms with E-state index in [-0.39, 0.29) is 24.8 Å². The second kappa shape index (κ2) is 12.8. The van der Waals surface area contributed by atoms with Crippen molar-refractivity contribution in [2.24, 2.45) is 7.05 Å². The molecule has 1 aromatic heterocycles. The number of rotatable bonds is 11. The summed E-state index contributed by atoms with van der Waals surface area (Å²) in [5, 5.41) is 6.78. The van der Waals surface area contributed by atoms with Crippen molar-refractivity contribution in [1.29, 1.82) is 0 Å². The molecule has 0 bridgehead atoms. The minimum Gasteiger partial charge on any atom is -0.457 e. The van der Waals surface area contributed by atoms with Gasteiger partial charge in [0.15, 0.2) is 0 Å². The zero-order valence-corrected chi connectivity index (χ0v) is 22.2. The maximum atomic E-state index is 13.3. The van der Waals surface area contributed by atoms with Gasteiger partial charge in [0.25, 0.3) is 0 Å². The zero-order chi connectivity index (χ0) is 27.7. The van der Waals surface area contributed by atoms with Gasteiger partial charge >= 0.3 is 0 Å². The highest BCUT2D eigenvalue weighted by Gasteiger charge is 2.22. The molecule has 40 heavy (non-hydrogen) atoms. The predicted molar refractivity (Wildman–Crippen MR) is 156 cm³/mol. The highest BCUT2D eigenvalue weighted by atomic mass is 16.5. The van der Waals surface area contributed by atoms with E-state index < -0.39 is 6.04 Å². The summed E-state index contributed by atoms with van der Waals surface area (Å²) < 4.78 is 13.7. The molecule has 0 saturated heterocycles. The molecule has 0 aliphatic carbocycles. The predicted octanol–water partition coefficient (Wildman–Crippen LogP) is 5.85. The molecule has 0 aliphatic rings. The molecule has 5 aromatic rings. The monoisotopic (exact) mass is 533 g/mol. The van der Waals surface area contributed by atoms with E-state index in [1.54, 1.807) is 24.3 Å². The number of carbonyl (C=O) groups is 2. The molecule has 7 heteroatoms. The van der Waals surface area contributed by atoms with E-state index >= 15 is 0 Å². The average Bonchev–Trinajstić information content (AvgIpc) is 3.29. The molecule has 7 nitrogen and oxygen atoms in total. The first kappa shape index (κ1) is 26.7. The summed E-state index contributed by atoms with van der Waals surface area (Å²) in [6, 6.07) is 33.3. The first-order valence-electron chi connectivity index (χ1n) is 13.1. The summed E-state index contributed by atoms with van der Waals surface area (Å²) in [5.74, 6) is 0.752. The van der Waals surface area contributed by atoms with Crippen molar-refractivity contribution in [3.8, 4) is 11.5 Å². The van der Waals surface area contributed by atoms with Crippen LogP contribution in [0.2, 0.25) is 0 Å². The maximum absolute atomic E-state index is 13.3. The number of carbonyl (C=O) groups excluding carboxylic acids is 2. The van der Waals surface area contributed by atoms with E-state index in [9.17, 15) is 9.59 Å². The molecule has 0 fully saturated rings. The lowest BCUT2D eigenvalue weighted by Gasteiger charge is -2.19. The fraction of sp³-hybridized carbons (Fsp3) is 0.152. The summed E-state index contributed by atoms with van der Waals surface area (Å²) in [4.78, 5) is 26.4. The van der Waals surface area contributed by atoms with Gasteiger partial charge in [0, 0.05) is 29.8 Å². The van der Waals surface area contributed by atoms with Crippen molar-refractivity contribution in [3.63, 3.8) is 0 Å². The lowest BCUT2D eigenvalue weighted by atomic mass is 10.1. The normalized spacial score (nSPS) is 11.6. The van der Waals surface area contributed by atoms with Crippen molar-refractivity contribution in [3.05, 3.63) is 127 Å². The summed E-state index contributed by atoms with van der Waals surface area (Å²) in [6.07, 6.45) is 2.10. The summed E-state index contributed by atoms with van der Waals surface area (Å²) in [5.41, 5.74) is 3.51. The van der Waals surface area contributed by atoms with E-state index in [0.717, 1.165) is 27.8 Å². The molecule has 1 unspecified atom stereocenters. The van der Waals surface area contributed by atoms with E-state index in [2.05, 4.69) is 10.6 Å². The number of aryl methyl sites for hydroxylation is 1. The van der Waals surface area contributed by atoms with Gasteiger partial charge < -0.3 is 24.7 Å². The standard InChI is InChI=1S/C33H31N3O4/c1-36-21-25(29-14-8-9-15-31(29)36)20-32(37)35-30(23-39-22-24-10-4-2-5-11-24)33(38)34-26-16-18-28(19-17-26)40-27-12-6-3-7-13-27/h2-19,21,30H,20,22-23H2,1H3,(H,34,38)(H,35,37). The average molecular weight is 534 g/mol. The van der Waals surface area contributed by atoms with Crippen LogP contribution in [-0.4, -0.2) is 29.0 Å². The van der Waals surface area contributed by atoms with Crippen molar-refractivity contribution in [1.82, 2.24) is 9.88 Å². The largest absolute Gasteiger partial charge is 0.457 e. The van der Waals surface area contributed by atoms with Crippen LogP contribution < -0.4 is 15.4 Å². The van der Waals surface area contributed by atoms with E-state index in [0.29, 0.717) is 18.0 Å². The van der Waals surface area contributed by atoms with Crippen LogP contribution in [-0.2, 0) is 34.4 Å². The minimum atomic E-state index is -0.883. The molecule has 2 amide bonds. The van der Waals surface area contributed by atoms with Crippen molar-refractivity contribution >= 4 is 28.4 Å². The highest BCUT2D eigenvalue weighted by molar-refractivity contribution is 5.98. The Bertz CT molecular complexity index is 1560. The Hall–Kier alpha value is -4.88. The molecular weight excluding hydrogens is 502 g/mol. The number of hydrogen-bond donors (Lipinski definition) is 2. The first-order chi connectivity index (χ1) is 19.5. The molecule has 5 rings (SSSR count). The molecular formula is C33H31N3O4. The van der Waals surface area contributed by atoms with Gasteiger partial charge in [-0.25, -0.2) is 0 Å². The molecule has 202 valence electrons. The van der Waals surface area contributed by atoms with Gasteiger partial charge in [-0.05, 0) is 53.6 Å². The smallest absolute Gasteiger partial charge is 0.249 e. The van der Waals surface area contributed by atoms with Gasteiger partial charge in [-0.2, -0.15) is 0 Å². The fourth-order valence-corrected chi connectivity index (χ4v) is 4.50.